The van der Waals surface area contributed by atoms with Crippen molar-refractivity contribution in [1.82, 2.24) is 0 Å². The first-order valence-corrected chi connectivity index (χ1v) is 3.84. The molecule has 0 aliphatic carbocycles. The second-order valence-corrected chi connectivity index (χ2v) is 2.29. The van der Waals surface area contributed by atoms with Crippen LogP contribution in [-0.4, -0.2) is 25.8 Å². The van der Waals surface area contributed by atoms with Crippen molar-refractivity contribution in [3.8, 4) is 0 Å². The van der Waals surface area contributed by atoms with Gasteiger partial charge in [-0.25, -0.2) is 4.57 Å². The van der Waals surface area contributed by atoms with E-state index in [9.17, 15) is 4.79 Å². The van der Waals surface area contributed by atoms with Crippen molar-refractivity contribution >= 4 is 13.8 Å². The Labute approximate surface area is 57.4 Å². The van der Waals surface area contributed by atoms with Gasteiger partial charge in [0.05, 0.1) is 0 Å². The SMILES string of the molecule is CCC(=O)O.O=P(O)(O)O. The van der Waals surface area contributed by atoms with Gasteiger partial charge >= 0.3 is 13.8 Å². The van der Waals surface area contributed by atoms with Crippen LogP contribution in [0.2, 0.25) is 0 Å². The van der Waals surface area contributed by atoms with E-state index >= 15 is 0 Å². The first kappa shape index (κ1) is 12.3. The monoisotopic (exact) mass is 172 g/mol. The number of rotatable bonds is 1. The maximum absolute atomic E-state index is 9.37. The van der Waals surface area contributed by atoms with Crippen molar-refractivity contribution in [2.24, 2.45) is 0 Å². The fourth-order valence-corrected chi connectivity index (χ4v) is 0. The molecule has 4 N–H and O–H groups in total. The van der Waals surface area contributed by atoms with E-state index in [-0.39, 0.29) is 6.42 Å². The van der Waals surface area contributed by atoms with E-state index in [1.807, 2.05) is 0 Å². The molecule has 7 heteroatoms. The molecule has 0 fully saturated rings. The first-order chi connectivity index (χ1) is 4.27. The van der Waals surface area contributed by atoms with E-state index in [1.54, 1.807) is 6.92 Å². The Morgan fingerprint density at radius 2 is 1.50 bits per heavy atom. The molecule has 0 aromatic rings. The van der Waals surface area contributed by atoms with Crippen LogP contribution in [0.4, 0.5) is 0 Å². The molecular weight excluding hydrogens is 163 g/mol. The van der Waals surface area contributed by atoms with Crippen molar-refractivity contribution in [2.75, 3.05) is 0 Å². The minimum absolute atomic E-state index is 0.222. The highest BCUT2D eigenvalue weighted by Gasteiger charge is 2.00. The number of aliphatic carboxylic acids is 1. The van der Waals surface area contributed by atoms with Crippen LogP contribution in [0.1, 0.15) is 13.3 Å². The Balaban J connectivity index is 0. The number of phosphoric acid groups is 1. The Bertz CT molecular complexity index is 128. The number of hydrogen-bond donors (Lipinski definition) is 4. The van der Waals surface area contributed by atoms with Crippen LogP contribution < -0.4 is 0 Å². The lowest BCUT2D eigenvalue weighted by molar-refractivity contribution is -0.136. The molecule has 0 saturated carbocycles. The van der Waals surface area contributed by atoms with Crippen LogP contribution in [0.3, 0.4) is 0 Å². The lowest BCUT2D eigenvalue weighted by Gasteiger charge is -1.82. The van der Waals surface area contributed by atoms with Gasteiger partial charge in [0, 0.05) is 6.42 Å². The van der Waals surface area contributed by atoms with Gasteiger partial charge in [0.2, 0.25) is 0 Å². The summed E-state index contributed by atoms with van der Waals surface area (Å²) in [6.45, 7) is 1.60. The number of carboxylic acid groups (broad SMARTS) is 1. The lowest BCUT2D eigenvalue weighted by Crippen LogP contribution is -1.86. The second kappa shape index (κ2) is 5.37. The summed E-state index contributed by atoms with van der Waals surface area (Å²) in [6, 6.07) is 0. The van der Waals surface area contributed by atoms with E-state index in [1.165, 1.54) is 0 Å². The normalized spacial score (nSPS) is 9.60. The van der Waals surface area contributed by atoms with Crippen molar-refractivity contribution in [3.63, 3.8) is 0 Å². The molecule has 0 atom stereocenters. The molecule has 0 heterocycles. The summed E-state index contributed by atoms with van der Waals surface area (Å²) in [7, 11) is -4.64. The molecule has 0 aromatic heterocycles. The van der Waals surface area contributed by atoms with Gasteiger partial charge < -0.3 is 19.8 Å². The molecule has 0 aromatic carbocycles. The number of carbonyl (C=O) groups is 1. The zero-order chi connectivity index (χ0) is 8.78. The summed E-state index contributed by atoms with van der Waals surface area (Å²) in [5.74, 6) is -0.745. The molecule has 0 saturated heterocycles. The van der Waals surface area contributed by atoms with Crippen LogP contribution in [0.5, 0.6) is 0 Å². The van der Waals surface area contributed by atoms with Crippen molar-refractivity contribution < 1.29 is 29.1 Å². The third-order valence-corrected chi connectivity index (χ3v) is 0.302. The van der Waals surface area contributed by atoms with Crippen LogP contribution in [0.15, 0.2) is 0 Å². The molecule has 0 amide bonds. The minimum Gasteiger partial charge on any atom is -0.481 e. The van der Waals surface area contributed by atoms with Crippen LogP contribution in [-0.2, 0) is 9.36 Å². The predicted octanol–water partition coefficient (Wildman–Crippen LogP) is -0.448. The molecule has 10 heavy (non-hydrogen) atoms. The summed E-state index contributed by atoms with van der Waals surface area (Å²) < 4.78 is 8.88. The third-order valence-electron chi connectivity index (χ3n) is 0.302. The van der Waals surface area contributed by atoms with Crippen LogP contribution in [0.25, 0.3) is 0 Å². The Hall–Kier alpha value is -0.420. The van der Waals surface area contributed by atoms with Gasteiger partial charge in [-0.3, -0.25) is 4.79 Å². The molecule has 62 valence electrons. The van der Waals surface area contributed by atoms with Crippen LogP contribution >= 0.6 is 7.82 Å². The molecule has 0 spiro atoms. The Morgan fingerprint density at radius 3 is 1.50 bits per heavy atom. The zero-order valence-electron chi connectivity index (χ0n) is 5.26. The highest BCUT2D eigenvalue weighted by molar-refractivity contribution is 7.45. The second-order valence-electron chi connectivity index (χ2n) is 1.26. The van der Waals surface area contributed by atoms with E-state index in [0.29, 0.717) is 0 Å². The fraction of sp³-hybridized carbons (Fsp3) is 0.667. The highest BCUT2D eigenvalue weighted by Crippen LogP contribution is 2.25. The van der Waals surface area contributed by atoms with Gasteiger partial charge in [0.25, 0.3) is 0 Å². The third kappa shape index (κ3) is 131. The molecule has 0 aliphatic heterocycles. The minimum atomic E-state index is -4.64. The number of hydrogen-bond acceptors (Lipinski definition) is 2. The van der Waals surface area contributed by atoms with Gasteiger partial charge in [0.15, 0.2) is 0 Å². The van der Waals surface area contributed by atoms with Crippen LogP contribution in [0, 0.1) is 0 Å². The summed E-state index contributed by atoms with van der Waals surface area (Å²) in [6.07, 6.45) is 0.222. The van der Waals surface area contributed by atoms with E-state index in [2.05, 4.69) is 0 Å². The van der Waals surface area contributed by atoms with Gasteiger partial charge in [-0.05, 0) is 0 Å². The summed E-state index contributed by atoms with van der Waals surface area (Å²) in [5.41, 5.74) is 0. The maximum atomic E-state index is 9.37. The fourth-order valence-electron chi connectivity index (χ4n) is 0. The smallest absolute Gasteiger partial charge is 0.466 e. The van der Waals surface area contributed by atoms with Gasteiger partial charge in [-0.15, -0.1) is 0 Å². The first-order valence-electron chi connectivity index (χ1n) is 2.27. The Morgan fingerprint density at radius 1 is 1.40 bits per heavy atom. The topological polar surface area (TPSA) is 115 Å². The maximum Gasteiger partial charge on any atom is 0.466 e. The largest absolute Gasteiger partial charge is 0.481 e. The average Bonchev–Trinajstić information content (AvgIpc) is 1.61. The van der Waals surface area contributed by atoms with E-state index < -0.39 is 13.8 Å². The van der Waals surface area contributed by atoms with Gasteiger partial charge in [0.1, 0.15) is 0 Å². The highest BCUT2D eigenvalue weighted by atomic mass is 31.2. The van der Waals surface area contributed by atoms with Crippen molar-refractivity contribution in [2.45, 2.75) is 13.3 Å². The standard InChI is InChI=1S/C3H6O2.H3O4P/c1-2-3(4)5;1-5(2,3)4/h2H2,1H3,(H,4,5);(H3,1,2,3,4). The van der Waals surface area contributed by atoms with Crippen molar-refractivity contribution in [1.29, 1.82) is 0 Å². The van der Waals surface area contributed by atoms with E-state index in [4.69, 9.17) is 24.4 Å². The molecule has 0 unspecified atom stereocenters. The van der Waals surface area contributed by atoms with Crippen molar-refractivity contribution in [3.05, 3.63) is 0 Å². The predicted molar refractivity (Wildman–Crippen MR) is 32.2 cm³/mol. The molecule has 0 bridgehead atoms. The summed E-state index contributed by atoms with van der Waals surface area (Å²) in [5, 5.41) is 7.72. The molecule has 0 radical (unpaired) electrons. The lowest BCUT2D eigenvalue weighted by atomic mass is 10.5. The summed E-state index contributed by atoms with van der Waals surface area (Å²) >= 11 is 0. The molecule has 0 aliphatic rings. The Kier molecular flexibility index (Phi) is 6.59. The molecular formula is C3H9O6P. The summed E-state index contributed by atoms with van der Waals surface area (Å²) in [4.78, 5) is 30.9. The molecule has 6 nitrogen and oxygen atoms in total. The average molecular weight is 172 g/mol. The van der Waals surface area contributed by atoms with Gasteiger partial charge in [-0.2, -0.15) is 0 Å². The quantitative estimate of drug-likeness (QED) is 0.398. The molecule has 0 rings (SSSR count). The zero-order valence-corrected chi connectivity index (χ0v) is 6.15. The van der Waals surface area contributed by atoms with E-state index in [0.717, 1.165) is 0 Å². The number of carboxylic acids is 1. The van der Waals surface area contributed by atoms with Gasteiger partial charge in [-0.1, -0.05) is 6.92 Å².